The van der Waals surface area contributed by atoms with Crippen LogP contribution in [0, 0.1) is 10.1 Å². The molecule has 10 heteroatoms. The van der Waals surface area contributed by atoms with Crippen molar-refractivity contribution in [1.29, 1.82) is 0 Å². The quantitative estimate of drug-likeness (QED) is 0.318. The number of halogens is 1. The standard InChI is InChI=1S/C9H11BrN6O3/c1-19-5-3-2-4(16(17)18)7(6(5)10)14-9(13)15-8(11)12/h2-3H,1H3,(H6,11,12,13,14,15). The average molecular weight is 331 g/mol. The van der Waals surface area contributed by atoms with Gasteiger partial charge in [0, 0.05) is 6.07 Å². The molecule has 0 bridgehead atoms. The van der Waals surface area contributed by atoms with Crippen molar-refractivity contribution in [3.8, 4) is 5.75 Å². The topological polar surface area (TPSA) is 155 Å². The van der Waals surface area contributed by atoms with E-state index in [1.807, 2.05) is 0 Å². The van der Waals surface area contributed by atoms with E-state index in [9.17, 15) is 10.1 Å². The lowest BCUT2D eigenvalue weighted by molar-refractivity contribution is -0.384. The van der Waals surface area contributed by atoms with Gasteiger partial charge in [-0.3, -0.25) is 10.1 Å². The molecule has 9 nitrogen and oxygen atoms in total. The Morgan fingerprint density at radius 2 is 2.05 bits per heavy atom. The van der Waals surface area contributed by atoms with Crippen LogP contribution in [0.15, 0.2) is 26.6 Å². The van der Waals surface area contributed by atoms with Crippen molar-refractivity contribution in [3.63, 3.8) is 0 Å². The van der Waals surface area contributed by atoms with Crippen molar-refractivity contribution < 1.29 is 9.66 Å². The Hall–Kier alpha value is -2.36. The summed E-state index contributed by atoms with van der Waals surface area (Å²) in [5.41, 5.74) is 15.4. The van der Waals surface area contributed by atoms with Gasteiger partial charge >= 0.3 is 0 Å². The van der Waals surface area contributed by atoms with Gasteiger partial charge < -0.3 is 21.9 Å². The highest BCUT2D eigenvalue weighted by atomic mass is 79.9. The van der Waals surface area contributed by atoms with Crippen molar-refractivity contribution in [1.82, 2.24) is 0 Å². The Kier molecular flexibility index (Phi) is 4.64. The maximum absolute atomic E-state index is 10.9. The lowest BCUT2D eigenvalue weighted by atomic mass is 10.2. The van der Waals surface area contributed by atoms with E-state index in [1.54, 1.807) is 0 Å². The minimum atomic E-state index is -0.605. The summed E-state index contributed by atoms with van der Waals surface area (Å²) in [5, 5.41) is 10.9. The van der Waals surface area contributed by atoms with E-state index in [2.05, 4.69) is 25.9 Å². The normalized spacial score (nSPS) is 10.9. The van der Waals surface area contributed by atoms with Gasteiger partial charge in [0.2, 0.25) is 5.96 Å². The Bertz CT molecular complexity index is 567. The summed E-state index contributed by atoms with van der Waals surface area (Å²) in [6, 6.07) is 2.67. The molecule has 0 radical (unpaired) electrons. The van der Waals surface area contributed by atoms with Gasteiger partial charge in [-0.25, -0.2) is 4.99 Å². The van der Waals surface area contributed by atoms with Gasteiger partial charge in [0.15, 0.2) is 11.6 Å². The number of methoxy groups -OCH3 is 1. The second-order valence-electron chi connectivity index (χ2n) is 3.21. The summed E-state index contributed by atoms with van der Waals surface area (Å²) in [6.45, 7) is 0. The SMILES string of the molecule is COc1ccc([N+](=O)[O-])c(N=C(N)N=C(N)N)c1Br. The molecule has 0 fully saturated rings. The molecule has 0 saturated carbocycles. The fraction of sp³-hybridized carbons (Fsp3) is 0.111. The number of benzene rings is 1. The lowest BCUT2D eigenvalue weighted by Crippen LogP contribution is -2.26. The van der Waals surface area contributed by atoms with Crippen molar-refractivity contribution in [2.75, 3.05) is 7.11 Å². The number of nitro groups is 1. The lowest BCUT2D eigenvalue weighted by Gasteiger charge is -2.06. The van der Waals surface area contributed by atoms with E-state index in [1.165, 1.54) is 19.2 Å². The highest BCUT2D eigenvalue weighted by Crippen LogP contribution is 2.41. The zero-order valence-corrected chi connectivity index (χ0v) is 11.4. The fourth-order valence-corrected chi connectivity index (χ4v) is 1.80. The molecule has 6 N–H and O–H groups in total. The van der Waals surface area contributed by atoms with Crippen LogP contribution in [0.4, 0.5) is 11.4 Å². The van der Waals surface area contributed by atoms with E-state index in [-0.39, 0.29) is 27.8 Å². The highest BCUT2D eigenvalue weighted by molar-refractivity contribution is 9.10. The first-order chi connectivity index (χ1) is 8.86. The van der Waals surface area contributed by atoms with Crippen LogP contribution in [0.1, 0.15) is 0 Å². The van der Waals surface area contributed by atoms with Crippen LogP contribution >= 0.6 is 15.9 Å². The number of guanidine groups is 2. The van der Waals surface area contributed by atoms with E-state index < -0.39 is 4.92 Å². The van der Waals surface area contributed by atoms with Gasteiger partial charge in [0.25, 0.3) is 5.69 Å². The van der Waals surface area contributed by atoms with E-state index >= 15 is 0 Å². The van der Waals surface area contributed by atoms with E-state index in [4.69, 9.17) is 21.9 Å². The molecule has 0 atom stereocenters. The third-order valence-electron chi connectivity index (χ3n) is 1.95. The number of rotatable bonds is 3. The van der Waals surface area contributed by atoms with Gasteiger partial charge in [-0.15, -0.1) is 0 Å². The van der Waals surface area contributed by atoms with Crippen LogP contribution in [0.3, 0.4) is 0 Å². The third kappa shape index (κ3) is 3.55. The molecule has 1 aromatic carbocycles. The first-order valence-corrected chi connectivity index (χ1v) is 5.60. The van der Waals surface area contributed by atoms with Gasteiger partial charge in [-0.1, -0.05) is 0 Å². The smallest absolute Gasteiger partial charge is 0.296 e. The highest BCUT2D eigenvalue weighted by Gasteiger charge is 2.20. The summed E-state index contributed by atoms with van der Waals surface area (Å²) < 4.78 is 5.29. The number of nitrogens with two attached hydrogens (primary N) is 3. The van der Waals surface area contributed by atoms with Crippen LogP contribution in [-0.4, -0.2) is 24.0 Å². The third-order valence-corrected chi connectivity index (χ3v) is 2.71. The van der Waals surface area contributed by atoms with Crippen molar-refractivity contribution in [3.05, 3.63) is 26.7 Å². The van der Waals surface area contributed by atoms with Crippen LogP contribution in [0.5, 0.6) is 5.75 Å². The molecule has 0 aliphatic carbocycles. The van der Waals surface area contributed by atoms with Crippen molar-refractivity contribution in [2.24, 2.45) is 27.2 Å². The van der Waals surface area contributed by atoms with Crippen LogP contribution in [0.2, 0.25) is 0 Å². The predicted molar refractivity (Wildman–Crippen MR) is 74.4 cm³/mol. The summed E-state index contributed by atoms with van der Waals surface area (Å²) in [6.07, 6.45) is 0. The summed E-state index contributed by atoms with van der Waals surface area (Å²) >= 11 is 3.15. The molecular formula is C9H11BrN6O3. The predicted octanol–water partition coefficient (Wildman–Crippen LogP) is 0.586. The molecule has 0 aromatic heterocycles. The average Bonchev–Trinajstić information content (AvgIpc) is 2.30. The number of nitrogens with zero attached hydrogens (tertiary/aromatic N) is 3. The van der Waals surface area contributed by atoms with Crippen LogP contribution < -0.4 is 21.9 Å². The molecule has 102 valence electrons. The molecule has 0 unspecified atom stereocenters. The van der Waals surface area contributed by atoms with E-state index in [0.717, 1.165) is 0 Å². The van der Waals surface area contributed by atoms with Gasteiger partial charge in [-0.05, 0) is 22.0 Å². The maximum atomic E-state index is 10.9. The second kappa shape index (κ2) is 6.00. The van der Waals surface area contributed by atoms with Crippen LogP contribution in [0.25, 0.3) is 0 Å². The molecule has 0 saturated heterocycles. The molecule has 0 aliphatic rings. The Morgan fingerprint density at radius 1 is 1.42 bits per heavy atom. The summed E-state index contributed by atoms with van der Waals surface area (Å²) in [4.78, 5) is 17.6. The number of hydrogen-bond donors (Lipinski definition) is 3. The van der Waals surface area contributed by atoms with Gasteiger partial charge in [0.05, 0.1) is 16.5 Å². The minimum Gasteiger partial charge on any atom is -0.495 e. The Balaban J connectivity index is 3.46. The molecule has 1 aromatic rings. The molecule has 0 amide bonds. The Morgan fingerprint density at radius 3 is 2.53 bits per heavy atom. The molecular weight excluding hydrogens is 320 g/mol. The van der Waals surface area contributed by atoms with Crippen LogP contribution in [-0.2, 0) is 0 Å². The minimum absolute atomic E-state index is 0.0353. The first kappa shape index (κ1) is 14.7. The van der Waals surface area contributed by atoms with E-state index in [0.29, 0.717) is 5.75 Å². The molecule has 0 heterocycles. The number of hydrogen-bond acceptors (Lipinski definition) is 4. The maximum Gasteiger partial charge on any atom is 0.296 e. The Labute approximate surface area is 116 Å². The zero-order valence-electron chi connectivity index (χ0n) is 9.83. The second-order valence-corrected chi connectivity index (χ2v) is 4.01. The summed E-state index contributed by atoms with van der Waals surface area (Å²) in [5.74, 6) is -0.248. The molecule has 1 rings (SSSR count). The number of ether oxygens (including phenoxy) is 1. The molecule has 0 aliphatic heterocycles. The largest absolute Gasteiger partial charge is 0.495 e. The number of nitro benzene ring substituents is 1. The monoisotopic (exact) mass is 330 g/mol. The van der Waals surface area contributed by atoms with Crippen molar-refractivity contribution in [2.45, 2.75) is 0 Å². The van der Waals surface area contributed by atoms with Gasteiger partial charge in [0.1, 0.15) is 5.75 Å². The van der Waals surface area contributed by atoms with Crippen molar-refractivity contribution >= 4 is 39.2 Å². The van der Waals surface area contributed by atoms with Gasteiger partial charge in [-0.2, -0.15) is 4.99 Å². The molecule has 19 heavy (non-hydrogen) atoms. The first-order valence-electron chi connectivity index (χ1n) is 4.81. The molecule has 0 spiro atoms. The summed E-state index contributed by atoms with van der Waals surface area (Å²) in [7, 11) is 1.42. The fourth-order valence-electron chi connectivity index (χ4n) is 1.22. The zero-order chi connectivity index (χ0) is 14.6. The number of aliphatic imine (C=N–C) groups is 2.